The number of carbonyl (C=O) groups is 2. The molecule has 3 N–H and O–H groups in total. The Morgan fingerprint density at radius 2 is 1.62 bits per heavy atom. The molecule has 0 aromatic rings. The highest BCUT2D eigenvalue weighted by Gasteiger charge is 2.31. The first-order chi connectivity index (χ1) is 10.1. The highest BCUT2D eigenvalue weighted by Crippen LogP contribution is 2.27. The molecule has 0 aromatic carbocycles. The summed E-state index contributed by atoms with van der Waals surface area (Å²) >= 11 is 0. The second-order valence-corrected chi connectivity index (χ2v) is 6.64. The monoisotopic (exact) mass is 296 g/mol. The van der Waals surface area contributed by atoms with Crippen LogP contribution in [0.15, 0.2) is 0 Å². The first-order valence-electron chi connectivity index (χ1n) is 8.37. The summed E-state index contributed by atoms with van der Waals surface area (Å²) in [6.45, 7) is 2.05. The summed E-state index contributed by atoms with van der Waals surface area (Å²) < 4.78 is 0. The minimum Gasteiger partial charge on any atom is -0.481 e. The van der Waals surface area contributed by atoms with Crippen molar-refractivity contribution >= 4 is 12.0 Å². The summed E-state index contributed by atoms with van der Waals surface area (Å²) in [5.41, 5.74) is 0. The van der Waals surface area contributed by atoms with E-state index >= 15 is 0 Å². The maximum absolute atomic E-state index is 12.1. The van der Waals surface area contributed by atoms with Gasteiger partial charge in [-0.1, -0.05) is 32.1 Å². The van der Waals surface area contributed by atoms with Gasteiger partial charge in [0.15, 0.2) is 0 Å². The van der Waals surface area contributed by atoms with Crippen molar-refractivity contribution < 1.29 is 14.7 Å². The van der Waals surface area contributed by atoms with Gasteiger partial charge in [-0.25, -0.2) is 4.79 Å². The van der Waals surface area contributed by atoms with Crippen molar-refractivity contribution in [3.05, 3.63) is 0 Å². The SMILES string of the molecule is CC(NC(=O)NC1CCCCCC1C(=O)O)C1CCCC1. The van der Waals surface area contributed by atoms with Crippen LogP contribution >= 0.6 is 0 Å². The maximum Gasteiger partial charge on any atom is 0.315 e. The lowest BCUT2D eigenvalue weighted by molar-refractivity contribution is -0.142. The number of nitrogens with one attached hydrogen (secondary N) is 2. The van der Waals surface area contributed by atoms with E-state index in [2.05, 4.69) is 17.6 Å². The van der Waals surface area contributed by atoms with Crippen LogP contribution < -0.4 is 10.6 Å². The zero-order chi connectivity index (χ0) is 15.2. The smallest absolute Gasteiger partial charge is 0.315 e. The predicted octanol–water partition coefficient (Wildman–Crippen LogP) is 2.90. The fourth-order valence-electron chi connectivity index (χ4n) is 3.77. The van der Waals surface area contributed by atoms with Crippen LogP contribution in [0.3, 0.4) is 0 Å². The van der Waals surface area contributed by atoms with E-state index in [4.69, 9.17) is 0 Å². The van der Waals surface area contributed by atoms with E-state index in [-0.39, 0.29) is 18.1 Å². The number of carboxylic acids is 1. The summed E-state index contributed by atoms with van der Waals surface area (Å²) in [5, 5.41) is 15.2. The molecule has 0 aromatic heterocycles. The molecule has 2 fully saturated rings. The highest BCUT2D eigenvalue weighted by atomic mass is 16.4. The Hall–Kier alpha value is -1.26. The number of aliphatic carboxylic acids is 1. The molecule has 3 atom stereocenters. The van der Waals surface area contributed by atoms with E-state index in [0.717, 1.165) is 25.7 Å². The van der Waals surface area contributed by atoms with Crippen molar-refractivity contribution in [2.75, 3.05) is 0 Å². The van der Waals surface area contributed by atoms with Crippen LogP contribution in [0, 0.1) is 11.8 Å². The Morgan fingerprint density at radius 1 is 1.00 bits per heavy atom. The topological polar surface area (TPSA) is 78.4 Å². The largest absolute Gasteiger partial charge is 0.481 e. The molecule has 21 heavy (non-hydrogen) atoms. The fraction of sp³-hybridized carbons (Fsp3) is 0.875. The molecule has 2 aliphatic rings. The van der Waals surface area contributed by atoms with Crippen molar-refractivity contribution in [3.8, 4) is 0 Å². The molecular weight excluding hydrogens is 268 g/mol. The normalized spacial score (nSPS) is 28.6. The van der Waals surface area contributed by atoms with Crippen LogP contribution in [0.1, 0.15) is 64.7 Å². The fourth-order valence-corrected chi connectivity index (χ4v) is 3.77. The van der Waals surface area contributed by atoms with E-state index in [1.54, 1.807) is 0 Å². The molecule has 0 spiro atoms. The van der Waals surface area contributed by atoms with Gasteiger partial charge in [0.05, 0.1) is 5.92 Å². The average Bonchev–Trinajstić information content (AvgIpc) is 2.86. The van der Waals surface area contributed by atoms with E-state index in [1.165, 1.54) is 25.7 Å². The second kappa shape index (κ2) is 7.66. The Labute approximate surface area is 126 Å². The summed E-state index contributed by atoms with van der Waals surface area (Å²) in [7, 11) is 0. The molecule has 2 saturated carbocycles. The lowest BCUT2D eigenvalue weighted by atomic mass is 9.95. The van der Waals surface area contributed by atoms with E-state index in [1.807, 2.05) is 0 Å². The number of amides is 2. The van der Waals surface area contributed by atoms with Gasteiger partial charge in [0.2, 0.25) is 0 Å². The molecular formula is C16H28N2O3. The number of carbonyl (C=O) groups excluding carboxylic acids is 1. The van der Waals surface area contributed by atoms with Gasteiger partial charge in [0.1, 0.15) is 0 Å². The Bertz CT molecular complexity index is 367. The van der Waals surface area contributed by atoms with Crippen LogP contribution in [0.4, 0.5) is 4.79 Å². The van der Waals surface area contributed by atoms with Crippen molar-refractivity contribution in [1.82, 2.24) is 10.6 Å². The zero-order valence-electron chi connectivity index (χ0n) is 12.9. The Balaban J connectivity index is 1.85. The van der Waals surface area contributed by atoms with E-state index in [0.29, 0.717) is 12.3 Å². The van der Waals surface area contributed by atoms with Gasteiger partial charge >= 0.3 is 12.0 Å². The summed E-state index contributed by atoms with van der Waals surface area (Å²) in [5.74, 6) is -0.661. The van der Waals surface area contributed by atoms with E-state index in [9.17, 15) is 14.7 Å². The molecule has 2 amide bonds. The third kappa shape index (κ3) is 4.61. The van der Waals surface area contributed by atoms with Crippen LogP contribution in [-0.2, 0) is 4.79 Å². The summed E-state index contributed by atoms with van der Waals surface area (Å²) in [6, 6.07) is -0.269. The van der Waals surface area contributed by atoms with Crippen LogP contribution in [0.5, 0.6) is 0 Å². The van der Waals surface area contributed by atoms with Gasteiger partial charge in [-0.2, -0.15) is 0 Å². The predicted molar refractivity (Wildman–Crippen MR) is 81.1 cm³/mol. The summed E-state index contributed by atoms with van der Waals surface area (Å²) in [4.78, 5) is 23.5. The highest BCUT2D eigenvalue weighted by molar-refractivity contribution is 5.77. The number of urea groups is 1. The van der Waals surface area contributed by atoms with Crippen molar-refractivity contribution in [1.29, 1.82) is 0 Å². The molecule has 2 aliphatic carbocycles. The minimum atomic E-state index is -0.786. The Morgan fingerprint density at radius 3 is 2.29 bits per heavy atom. The average molecular weight is 296 g/mol. The quantitative estimate of drug-likeness (QED) is 0.698. The lowest BCUT2D eigenvalue weighted by Gasteiger charge is -2.26. The second-order valence-electron chi connectivity index (χ2n) is 6.64. The van der Waals surface area contributed by atoms with Gasteiger partial charge < -0.3 is 15.7 Å². The van der Waals surface area contributed by atoms with Gasteiger partial charge in [0, 0.05) is 12.1 Å². The third-order valence-electron chi connectivity index (χ3n) is 5.12. The molecule has 0 aliphatic heterocycles. The number of carboxylic acid groups (broad SMARTS) is 1. The van der Waals surface area contributed by atoms with E-state index < -0.39 is 11.9 Å². The molecule has 0 radical (unpaired) electrons. The third-order valence-corrected chi connectivity index (χ3v) is 5.12. The molecule has 0 heterocycles. The molecule has 120 valence electrons. The number of rotatable bonds is 4. The molecule has 5 nitrogen and oxygen atoms in total. The van der Waals surface area contributed by atoms with Crippen LogP contribution in [0.2, 0.25) is 0 Å². The summed E-state index contributed by atoms with van der Waals surface area (Å²) in [6.07, 6.45) is 9.29. The Kier molecular flexibility index (Phi) is 5.88. The van der Waals surface area contributed by atoms with Crippen molar-refractivity contribution in [2.45, 2.75) is 76.8 Å². The van der Waals surface area contributed by atoms with Gasteiger partial charge in [-0.15, -0.1) is 0 Å². The van der Waals surface area contributed by atoms with Gasteiger partial charge in [-0.3, -0.25) is 4.79 Å². The van der Waals surface area contributed by atoms with Crippen molar-refractivity contribution in [2.24, 2.45) is 11.8 Å². The van der Waals surface area contributed by atoms with Gasteiger partial charge in [0.25, 0.3) is 0 Å². The van der Waals surface area contributed by atoms with Gasteiger partial charge in [-0.05, 0) is 38.5 Å². The van der Waals surface area contributed by atoms with Crippen LogP contribution in [0.25, 0.3) is 0 Å². The first-order valence-corrected chi connectivity index (χ1v) is 8.37. The molecule has 0 bridgehead atoms. The number of hydrogen-bond donors (Lipinski definition) is 3. The lowest BCUT2D eigenvalue weighted by Crippen LogP contribution is -2.50. The van der Waals surface area contributed by atoms with Crippen molar-refractivity contribution in [3.63, 3.8) is 0 Å². The number of hydrogen-bond acceptors (Lipinski definition) is 2. The van der Waals surface area contributed by atoms with Crippen LogP contribution in [-0.4, -0.2) is 29.2 Å². The molecule has 5 heteroatoms. The molecule has 2 rings (SSSR count). The standard InChI is InChI=1S/C16H28N2O3/c1-11(12-7-5-6-8-12)17-16(21)18-14-10-4-2-3-9-13(14)15(19)20/h11-14H,2-10H2,1H3,(H,19,20)(H2,17,18,21). The maximum atomic E-state index is 12.1. The zero-order valence-corrected chi connectivity index (χ0v) is 12.9. The molecule has 3 unspecified atom stereocenters. The molecule has 0 saturated heterocycles. The first kappa shape index (κ1) is 16.1. The minimum absolute atomic E-state index is 0.168.